The van der Waals surface area contributed by atoms with E-state index in [0.717, 1.165) is 28.5 Å². The van der Waals surface area contributed by atoms with Crippen molar-refractivity contribution < 1.29 is 0 Å². The molecule has 2 N–H and O–H groups in total. The van der Waals surface area contributed by atoms with Gasteiger partial charge in [0.2, 0.25) is 0 Å². The summed E-state index contributed by atoms with van der Waals surface area (Å²) < 4.78 is 0. The number of aromatic amines is 1. The Morgan fingerprint density at radius 2 is 2.31 bits per heavy atom. The van der Waals surface area contributed by atoms with Crippen LogP contribution in [0.15, 0.2) is 12.4 Å². The first-order valence-corrected chi connectivity index (χ1v) is 6.12. The molecule has 5 nitrogen and oxygen atoms in total. The monoisotopic (exact) mass is 237 g/mol. The van der Waals surface area contributed by atoms with Crippen molar-refractivity contribution in [2.45, 2.75) is 26.3 Å². The quantitative estimate of drug-likeness (QED) is 0.826. The lowest BCUT2D eigenvalue weighted by Crippen LogP contribution is -2.24. The van der Waals surface area contributed by atoms with Gasteiger partial charge in [0.1, 0.15) is 5.01 Å². The Morgan fingerprint density at radius 3 is 3.00 bits per heavy atom. The van der Waals surface area contributed by atoms with Crippen molar-refractivity contribution in [3.8, 4) is 10.6 Å². The Labute approximate surface area is 98.3 Å². The predicted molar refractivity (Wildman–Crippen MR) is 64.3 cm³/mol. The molecule has 2 aromatic rings. The van der Waals surface area contributed by atoms with E-state index in [1.54, 1.807) is 17.5 Å². The zero-order chi connectivity index (χ0) is 11.4. The summed E-state index contributed by atoms with van der Waals surface area (Å²) in [5, 5.41) is 20.3. The minimum Gasteiger partial charge on any atom is -0.314 e. The van der Waals surface area contributed by atoms with E-state index < -0.39 is 0 Å². The first kappa shape index (κ1) is 11.2. The number of nitrogens with zero attached hydrogens (tertiary/aromatic N) is 3. The maximum atomic E-state index is 4.16. The molecule has 0 bridgehead atoms. The maximum Gasteiger partial charge on any atom is 0.150 e. The molecule has 0 radical (unpaired) electrons. The first-order chi connectivity index (χ1) is 7.75. The SMILES string of the molecule is CC(C)NCCc1nnc(-c2cn[nH]c2)s1. The van der Waals surface area contributed by atoms with Gasteiger partial charge in [0.25, 0.3) is 0 Å². The zero-order valence-corrected chi connectivity index (χ0v) is 10.2. The topological polar surface area (TPSA) is 66.5 Å². The summed E-state index contributed by atoms with van der Waals surface area (Å²) in [6.45, 7) is 5.21. The van der Waals surface area contributed by atoms with Gasteiger partial charge in [-0.3, -0.25) is 5.10 Å². The van der Waals surface area contributed by atoms with Crippen molar-refractivity contribution in [3.05, 3.63) is 17.4 Å². The average molecular weight is 237 g/mol. The summed E-state index contributed by atoms with van der Waals surface area (Å²) in [4.78, 5) is 0. The van der Waals surface area contributed by atoms with Crippen LogP contribution in [-0.4, -0.2) is 33.0 Å². The van der Waals surface area contributed by atoms with E-state index in [1.807, 2.05) is 6.20 Å². The van der Waals surface area contributed by atoms with Gasteiger partial charge in [0.15, 0.2) is 5.01 Å². The number of hydrogen-bond acceptors (Lipinski definition) is 5. The van der Waals surface area contributed by atoms with E-state index in [2.05, 4.69) is 39.6 Å². The Balaban J connectivity index is 1.93. The molecule has 0 aromatic carbocycles. The highest BCUT2D eigenvalue weighted by Gasteiger charge is 2.07. The molecule has 0 aliphatic carbocycles. The number of H-pyrrole nitrogens is 1. The first-order valence-electron chi connectivity index (χ1n) is 5.30. The lowest BCUT2D eigenvalue weighted by Gasteiger charge is -2.04. The fourth-order valence-corrected chi connectivity index (χ4v) is 2.13. The molecule has 2 rings (SSSR count). The highest BCUT2D eigenvalue weighted by atomic mass is 32.1. The van der Waals surface area contributed by atoms with E-state index in [-0.39, 0.29) is 0 Å². The van der Waals surface area contributed by atoms with Crippen LogP contribution >= 0.6 is 11.3 Å². The number of nitrogens with one attached hydrogen (secondary N) is 2. The van der Waals surface area contributed by atoms with Crippen molar-refractivity contribution >= 4 is 11.3 Å². The van der Waals surface area contributed by atoms with Crippen LogP contribution < -0.4 is 5.32 Å². The molecule has 86 valence electrons. The van der Waals surface area contributed by atoms with Crippen LogP contribution in [0.1, 0.15) is 18.9 Å². The van der Waals surface area contributed by atoms with Crippen molar-refractivity contribution in [1.29, 1.82) is 0 Å². The molecule has 0 amide bonds. The molecule has 0 fully saturated rings. The summed E-state index contributed by atoms with van der Waals surface area (Å²) in [5.41, 5.74) is 1.00. The van der Waals surface area contributed by atoms with Crippen molar-refractivity contribution in [2.24, 2.45) is 0 Å². The van der Waals surface area contributed by atoms with Gasteiger partial charge >= 0.3 is 0 Å². The molecule has 0 aliphatic rings. The molecule has 0 unspecified atom stereocenters. The van der Waals surface area contributed by atoms with E-state index in [1.165, 1.54) is 0 Å². The Bertz CT molecular complexity index is 420. The lowest BCUT2D eigenvalue weighted by atomic mass is 10.3. The van der Waals surface area contributed by atoms with Crippen LogP contribution in [0.25, 0.3) is 10.6 Å². The molecule has 0 atom stereocenters. The molecule has 0 spiro atoms. The summed E-state index contributed by atoms with van der Waals surface area (Å²) in [5.74, 6) is 0. The van der Waals surface area contributed by atoms with Gasteiger partial charge in [-0.05, 0) is 0 Å². The highest BCUT2D eigenvalue weighted by Crippen LogP contribution is 2.21. The number of rotatable bonds is 5. The molecular weight excluding hydrogens is 222 g/mol. The van der Waals surface area contributed by atoms with Crippen LogP contribution in [-0.2, 0) is 6.42 Å². The van der Waals surface area contributed by atoms with Crippen molar-refractivity contribution in [3.63, 3.8) is 0 Å². The number of aromatic nitrogens is 4. The third kappa shape index (κ3) is 2.86. The van der Waals surface area contributed by atoms with Gasteiger partial charge in [-0.1, -0.05) is 25.2 Å². The van der Waals surface area contributed by atoms with Crippen LogP contribution in [0.3, 0.4) is 0 Å². The third-order valence-corrected chi connectivity index (χ3v) is 3.14. The largest absolute Gasteiger partial charge is 0.314 e. The normalized spacial score (nSPS) is 11.2. The van der Waals surface area contributed by atoms with Gasteiger partial charge in [-0.15, -0.1) is 10.2 Å². The van der Waals surface area contributed by atoms with Crippen molar-refractivity contribution in [2.75, 3.05) is 6.54 Å². The van der Waals surface area contributed by atoms with Crippen LogP contribution in [0.5, 0.6) is 0 Å². The van der Waals surface area contributed by atoms with Gasteiger partial charge in [0, 0.05) is 25.2 Å². The number of hydrogen-bond donors (Lipinski definition) is 2. The zero-order valence-electron chi connectivity index (χ0n) is 9.40. The van der Waals surface area contributed by atoms with E-state index in [4.69, 9.17) is 0 Å². The average Bonchev–Trinajstić information content (AvgIpc) is 2.85. The van der Waals surface area contributed by atoms with E-state index in [9.17, 15) is 0 Å². The van der Waals surface area contributed by atoms with Crippen LogP contribution in [0, 0.1) is 0 Å². The third-order valence-electron chi connectivity index (χ3n) is 2.10. The van der Waals surface area contributed by atoms with Crippen LogP contribution in [0.2, 0.25) is 0 Å². The molecular formula is C10H15N5S. The molecule has 0 saturated carbocycles. The smallest absolute Gasteiger partial charge is 0.150 e. The fourth-order valence-electron chi connectivity index (χ4n) is 1.31. The van der Waals surface area contributed by atoms with Gasteiger partial charge in [-0.25, -0.2) is 0 Å². The Morgan fingerprint density at radius 1 is 1.44 bits per heavy atom. The van der Waals surface area contributed by atoms with Gasteiger partial charge in [0.05, 0.1) is 11.8 Å². The minimum absolute atomic E-state index is 0.515. The summed E-state index contributed by atoms with van der Waals surface area (Å²) in [7, 11) is 0. The van der Waals surface area contributed by atoms with Crippen LogP contribution in [0.4, 0.5) is 0 Å². The molecule has 6 heteroatoms. The van der Waals surface area contributed by atoms with Gasteiger partial charge < -0.3 is 5.32 Å². The standard InChI is InChI=1S/C10H15N5S/c1-7(2)11-4-3-9-14-15-10(16-9)8-5-12-13-6-8/h5-7,11H,3-4H2,1-2H3,(H,12,13). The molecule has 2 aromatic heterocycles. The second kappa shape index (κ2) is 5.18. The minimum atomic E-state index is 0.515. The second-order valence-corrected chi connectivity index (χ2v) is 4.91. The Hall–Kier alpha value is -1.27. The second-order valence-electron chi connectivity index (χ2n) is 3.85. The summed E-state index contributed by atoms with van der Waals surface area (Å²) in [6.07, 6.45) is 4.51. The van der Waals surface area contributed by atoms with E-state index >= 15 is 0 Å². The van der Waals surface area contributed by atoms with Crippen molar-refractivity contribution in [1.82, 2.24) is 25.7 Å². The highest BCUT2D eigenvalue weighted by molar-refractivity contribution is 7.14. The molecule has 2 heterocycles. The molecule has 0 saturated heterocycles. The van der Waals surface area contributed by atoms with E-state index in [0.29, 0.717) is 6.04 Å². The summed E-state index contributed by atoms with van der Waals surface area (Å²) in [6, 6.07) is 0.515. The molecule has 0 aliphatic heterocycles. The fraction of sp³-hybridized carbons (Fsp3) is 0.500. The molecule has 16 heavy (non-hydrogen) atoms. The van der Waals surface area contributed by atoms with Gasteiger partial charge in [-0.2, -0.15) is 5.10 Å². The lowest BCUT2D eigenvalue weighted by molar-refractivity contribution is 0.588. The Kier molecular flexibility index (Phi) is 3.63. The summed E-state index contributed by atoms with van der Waals surface area (Å²) >= 11 is 1.62. The predicted octanol–water partition coefficient (Wildman–Crippen LogP) is 1.47. The maximum absolute atomic E-state index is 4.16.